The molecule has 0 aliphatic carbocycles. The number of nitrogens with zero attached hydrogens (tertiary/aromatic N) is 2. The summed E-state index contributed by atoms with van der Waals surface area (Å²) >= 11 is 0. The summed E-state index contributed by atoms with van der Waals surface area (Å²) in [5.74, 6) is 0. The van der Waals surface area contributed by atoms with E-state index in [-0.39, 0.29) is 6.54 Å². The highest BCUT2D eigenvalue weighted by Gasteiger charge is 2.11. The fourth-order valence-electron chi connectivity index (χ4n) is 1.57. The van der Waals surface area contributed by atoms with E-state index in [4.69, 9.17) is 5.73 Å². The van der Waals surface area contributed by atoms with Gasteiger partial charge in [-0.15, -0.1) is 0 Å². The summed E-state index contributed by atoms with van der Waals surface area (Å²) in [6.45, 7) is 3.00. The summed E-state index contributed by atoms with van der Waals surface area (Å²) in [5.41, 5.74) is 7.36. The van der Waals surface area contributed by atoms with Crippen LogP contribution in [0.2, 0.25) is 0 Å². The molecule has 0 radical (unpaired) electrons. The number of aromatic nitrogens is 1. The van der Waals surface area contributed by atoms with E-state index in [1.54, 1.807) is 17.3 Å². The number of hydrogen-bond donors (Lipinski definition) is 1. The van der Waals surface area contributed by atoms with Crippen molar-refractivity contribution in [3.63, 3.8) is 0 Å². The molecule has 5 heteroatoms. The molecule has 0 aromatic carbocycles. The van der Waals surface area contributed by atoms with E-state index in [1.807, 2.05) is 13.0 Å². The van der Waals surface area contributed by atoms with Crippen molar-refractivity contribution in [2.24, 2.45) is 5.73 Å². The van der Waals surface area contributed by atoms with Crippen molar-refractivity contribution in [3.05, 3.63) is 29.6 Å². The van der Waals surface area contributed by atoms with Gasteiger partial charge in [-0.25, -0.2) is 8.78 Å². The molecule has 1 aromatic rings. The highest BCUT2D eigenvalue weighted by Crippen LogP contribution is 2.07. The normalized spacial score (nSPS) is 11.4. The minimum absolute atomic E-state index is 0.245. The molecule has 0 unspecified atom stereocenters. The molecule has 1 aromatic heterocycles. The summed E-state index contributed by atoms with van der Waals surface area (Å²) in [4.78, 5) is 5.67. The summed E-state index contributed by atoms with van der Waals surface area (Å²) in [6, 6.07) is 1.95. The van der Waals surface area contributed by atoms with Gasteiger partial charge in [0.05, 0.1) is 6.54 Å². The molecule has 0 amide bonds. The van der Waals surface area contributed by atoms with Crippen LogP contribution in [0.1, 0.15) is 11.1 Å². The van der Waals surface area contributed by atoms with Crippen molar-refractivity contribution in [3.8, 4) is 0 Å². The standard InChI is InChI=1S/C11H17F2N3/c1-9-4-10(6-15-5-9)7-16(3-2-14)8-11(12)13/h4-6,11H,2-3,7-8,14H2,1H3. The predicted molar refractivity (Wildman–Crippen MR) is 59.3 cm³/mol. The molecule has 0 saturated carbocycles. The largest absolute Gasteiger partial charge is 0.329 e. The summed E-state index contributed by atoms with van der Waals surface area (Å²) in [6.07, 6.45) is 1.11. The number of rotatable bonds is 6. The Morgan fingerprint density at radius 2 is 2.19 bits per heavy atom. The first-order valence-corrected chi connectivity index (χ1v) is 5.23. The second-order valence-corrected chi connectivity index (χ2v) is 3.79. The van der Waals surface area contributed by atoms with Crippen molar-refractivity contribution in [1.82, 2.24) is 9.88 Å². The van der Waals surface area contributed by atoms with Gasteiger partial charge in [0.25, 0.3) is 6.43 Å². The van der Waals surface area contributed by atoms with Crippen molar-refractivity contribution in [2.45, 2.75) is 19.9 Å². The van der Waals surface area contributed by atoms with Crippen molar-refractivity contribution in [1.29, 1.82) is 0 Å². The summed E-state index contributed by atoms with van der Waals surface area (Å²) < 4.78 is 24.6. The molecule has 16 heavy (non-hydrogen) atoms. The van der Waals surface area contributed by atoms with Crippen LogP contribution in [0, 0.1) is 6.92 Å². The molecular weight excluding hydrogens is 212 g/mol. The maximum atomic E-state index is 12.3. The Morgan fingerprint density at radius 3 is 2.75 bits per heavy atom. The molecule has 0 saturated heterocycles. The first-order valence-electron chi connectivity index (χ1n) is 5.23. The topological polar surface area (TPSA) is 42.2 Å². The first-order chi connectivity index (χ1) is 7.61. The molecule has 0 aliphatic heterocycles. The molecule has 0 atom stereocenters. The number of alkyl halides is 2. The van der Waals surface area contributed by atoms with E-state index in [2.05, 4.69) is 4.98 Å². The van der Waals surface area contributed by atoms with Crippen LogP contribution < -0.4 is 5.73 Å². The van der Waals surface area contributed by atoms with Gasteiger partial charge in [-0.05, 0) is 18.1 Å². The van der Waals surface area contributed by atoms with Gasteiger partial charge in [0.2, 0.25) is 0 Å². The molecule has 0 bridgehead atoms. The van der Waals surface area contributed by atoms with Crippen LogP contribution >= 0.6 is 0 Å². The Hall–Kier alpha value is -1.07. The Morgan fingerprint density at radius 1 is 1.44 bits per heavy atom. The van der Waals surface area contributed by atoms with Gasteiger partial charge in [0, 0.05) is 32.0 Å². The Kier molecular flexibility index (Phi) is 5.28. The number of aryl methyl sites for hydroxylation is 1. The Labute approximate surface area is 94.3 Å². The molecule has 2 N–H and O–H groups in total. The smallest absolute Gasteiger partial charge is 0.251 e. The minimum Gasteiger partial charge on any atom is -0.329 e. The van der Waals surface area contributed by atoms with Gasteiger partial charge in [-0.1, -0.05) is 6.07 Å². The lowest BCUT2D eigenvalue weighted by Crippen LogP contribution is -2.33. The fourth-order valence-corrected chi connectivity index (χ4v) is 1.57. The quantitative estimate of drug-likeness (QED) is 0.802. The molecule has 1 heterocycles. The third-order valence-corrected chi connectivity index (χ3v) is 2.18. The van der Waals surface area contributed by atoms with Crippen LogP contribution in [0.5, 0.6) is 0 Å². The molecular formula is C11H17F2N3. The molecule has 90 valence electrons. The number of nitrogens with two attached hydrogens (primary N) is 1. The van der Waals surface area contributed by atoms with Crippen LogP contribution in [-0.2, 0) is 6.54 Å². The molecule has 3 nitrogen and oxygen atoms in total. The van der Waals surface area contributed by atoms with Crippen molar-refractivity contribution >= 4 is 0 Å². The molecule has 0 fully saturated rings. The van der Waals surface area contributed by atoms with Gasteiger partial charge >= 0.3 is 0 Å². The lowest BCUT2D eigenvalue weighted by atomic mass is 10.2. The van der Waals surface area contributed by atoms with E-state index in [9.17, 15) is 8.78 Å². The molecule has 1 rings (SSSR count). The minimum atomic E-state index is -2.33. The Bertz CT molecular complexity index is 318. The average molecular weight is 229 g/mol. The second kappa shape index (κ2) is 6.50. The monoisotopic (exact) mass is 229 g/mol. The van der Waals surface area contributed by atoms with Gasteiger partial charge in [0.1, 0.15) is 0 Å². The van der Waals surface area contributed by atoms with Crippen LogP contribution in [0.3, 0.4) is 0 Å². The van der Waals surface area contributed by atoms with Gasteiger partial charge in [-0.3, -0.25) is 9.88 Å². The van der Waals surface area contributed by atoms with E-state index in [0.717, 1.165) is 11.1 Å². The van der Waals surface area contributed by atoms with E-state index >= 15 is 0 Å². The number of hydrogen-bond acceptors (Lipinski definition) is 3. The SMILES string of the molecule is Cc1cncc(CN(CCN)CC(F)F)c1. The number of halogens is 2. The third kappa shape index (κ3) is 4.63. The average Bonchev–Trinajstić information content (AvgIpc) is 2.16. The Balaban J connectivity index is 2.60. The van der Waals surface area contributed by atoms with Gasteiger partial charge in [0.15, 0.2) is 0 Å². The van der Waals surface area contributed by atoms with Gasteiger partial charge < -0.3 is 5.73 Å². The van der Waals surface area contributed by atoms with Crippen LogP contribution in [0.25, 0.3) is 0 Å². The third-order valence-electron chi connectivity index (χ3n) is 2.18. The van der Waals surface area contributed by atoms with E-state index in [0.29, 0.717) is 19.6 Å². The van der Waals surface area contributed by atoms with Crippen LogP contribution in [-0.4, -0.2) is 35.9 Å². The van der Waals surface area contributed by atoms with Gasteiger partial charge in [-0.2, -0.15) is 0 Å². The summed E-state index contributed by atoms with van der Waals surface area (Å²) in [5, 5.41) is 0. The fraction of sp³-hybridized carbons (Fsp3) is 0.545. The zero-order chi connectivity index (χ0) is 12.0. The first kappa shape index (κ1) is 13.0. The lowest BCUT2D eigenvalue weighted by Gasteiger charge is -2.20. The second-order valence-electron chi connectivity index (χ2n) is 3.79. The highest BCUT2D eigenvalue weighted by molar-refractivity contribution is 5.16. The molecule has 0 aliphatic rings. The zero-order valence-corrected chi connectivity index (χ0v) is 9.37. The highest BCUT2D eigenvalue weighted by atomic mass is 19.3. The maximum Gasteiger partial charge on any atom is 0.251 e. The predicted octanol–water partition coefficient (Wildman–Crippen LogP) is 1.42. The van der Waals surface area contributed by atoms with E-state index in [1.165, 1.54) is 0 Å². The zero-order valence-electron chi connectivity index (χ0n) is 9.37. The number of pyridine rings is 1. The van der Waals surface area contributed by atoms with Crippen LogP contribution in [0.4, 0.5) is 8.78 Å². The van der Waals surface area contributed by atoms with E-state index < -0.39 is 6.43 Å². The van der Waals surface area contributed by atoms with Crippen molar-refractivity contribution in [2.75, 3.05) is 19.6 Å². The summed E-state index contributed by atoms with van der Waals surface area (Å²) in [7, 11) is 0. The lowest BCUT2D eigenvalue weighted by molar-refractivity contribution is 0.0862. The molecule has 0 spiro atoms. The van der Waals surface area contributed by atoms with Crippen molar-refractivity contribution < 1.29 is 8.78 Å². The van der Waals surface area contributed by atoms with Crippen LogP contribution in [0.15, 0.2) is 18.5 Å². The maximum absolute atomic E-state index is 12.3.